The fourth-order valence-electron chi connectivity index (χ4n) is 4.07. The molecule has 2 amide bonds. The monoisotopic (exact) mass is 435 g/mol. The van der Waals surface area contributed by atoms with Gasteiger partial charge in [0.05, 0.1) is 11.8 Å². The van der Waals surface area contributed by atoms with Crippen molar-refractivity contribution in [2.45, 2.75) is 44.5 Å². The standard InChI is InChI=1S/C24H29N5O3/c25-23(31)22-14-21(27-29(22)19-4-2-1-3-5-19)24(32)26-15-17-6-8-18(9-7-17)16-28-12-10-20(30)11-13-28/h1-9,20,22,30H,10-16H2,(H2,25,31)(H,26,32). The van der Waals surface area contributed by atoms with Gasteiger partial charge in [0.1, 0.15) is 11.8 Å². The number of nitrogens with zero attached hydrogens (tertiary/aromatic N) is 3. The summed E-state index contributed by atoms with van der Waals surface area (Å²) in [5.74, 6) is -0.815. The Balaban J connectivity index is 1.32. The van der Waals surface area contributed by atoms with E-state index in [1.165, 1.54) is 10.6 Å². The van der Waals surface area contributed by atoms with Gasteiger partial charge in [-0.25, -0.2) is 0 Å². The summed E-state index contributed by atoms with van der Waals surface area (Å²) in [6, 6.07) is 16.7. The Kier molecular flexibility index (Phi) is 6.82. The van der Waals surface area contributed by atoms with Crippen molar-refractivity contribution >= 4 is 23.2 Å². The molecule has 8 heteroatoms. The fourth-order valence-corrected chi connectivity index (χ4v) is 4.07. The molecule has 0 aromatic heterocycles. The van der Waals surface area contributed by atoms with E-state index in [2.05, 4.69) is 27.5 Å². The van der Waals surface area contributed by atoms with E-state index in [0.717, 1.165) is 43.7 Å². The number of aliphatic hydroxyl groups excluding tert-OH is 1. The first-order valence-corrected chi connectivity index (χ1v) is 11.0. The fraction of sp³-hybridized carbons (Fsp3) is 0.375. The van der Waals surface area contributed by atoms with Crippen LogP contribution >= 0.6 is 0 Å². The number of hydrazone groups is 1. The summed E-state index contributed by atoms with van der Waals surface area (Å²) in [6.07, 6.45) is 1.66. The molecule has 0 bridgehead atoms. The van der Waals surface area contributed by atoms with Crippen LogP contribution in [0, 0.1) is 0 Å². The zero-order chi connectivity index (χ0) is 22.5. The zero-order valence-corrected chi connectivity index (χ0v) is 18.0. The highest BCUT2D eigenvalue weighted by Gasteiger charge is 2.34. The van der Waals surface area contributed by atoms with Gasteiger partial charge in [0.15, 0.2) is 0 Å². The number of anilines is 1. The summed E-state index contributed by atoms with van der Waals surface area (Å²) >= 11 is 0. The molecule has 1 unspecified atom stereocenters. The van der Waals surface area contributed by atoms with Crippen molar-refractivity contribution < 1.29 is 14.7 Å². The molecule has 2 heterocycles. The largest absolute Gasteiger partial charge is 0.393 e. The number of hydrogen-bond acceptors (Lipinski definition) is 6. The molecule has 4 N–H and O–H groups in total. The third kappa shape index (κ3) is 5.33. The van der Waals surface area contributed by atoms with Crippen molar-refractivity contribution in [1.29, 1.82) is 0 Å². The summed E-state index contributed by atoms with van der Waals surface area (Å²) < 4.78 is 0. The Morgan fingerprint density at radius 1 is 1.03 bits per heavy atom. The van der Waals surface area contributed by atoms with Crippen LogP contribution in [0.2, 0.25) is 0 Å². The van der Waals surface area contributed by atoms with Gasteiger partial charge >= 0.3 is 0 Å². The van der Waals surface area contributed by atoms with Gasteiger partial charge in [-0.3, -0.25) is 19.5 Å². The number of para-hydroxylation sites is 1. The summed E-state index contributed by atoms with van der Waals surface area (Å²) in [7, 11) is 0. The molecule has 168 valence electrons. The number of piperidine rings is 1. The number of rotatable bonds is 7. The van der Waals surface area contributed by atoms with Crippen molar-refractivity contribution in [3.05, 3.63) is 65.7 Å². The van der Waals surface area contributed by atoms with Crippen LogP contribution in [0.1, 0.15) is 30.4 Å². The third-order valence-electron chi connectivity index (χ3n) is 5.96. The highest BCUT2D eigenvalue weighted by Crippen LogP contribution is 2.24. The topological polar surface area (TPSA) is 111 Å². The maximum atomic E-state index is 12.7. The van der Waals surface area contributed by atoms with Crippen LogP contribution < -0.4 is 16.1 Å². The average Bonchev–Trinajstić information content (AvgIpc) is 3.27. The predicted octanol–water partition coefficient (Wildman–Crippen LogP) is 1.38. The van der Waals surface area contributed by atoms with E-state index in [9.17, 15) is 14.7 Å². The summed E-state index contributed by atoms with van der Waals surface area (Å²) in [4.78, 5) is 26.9. The maximum absolute atomic E-state index is 12.7. The van der Waals surface area contributed by atoms with Crippen molar-refractivity contribution in [2.75, 3.05) is 18.1 Å². The molecular weight excluding hydrogens is 406 g/mol. The van der Waals surface area contributed by atoms with E-state index < -0.39 is 11.9 Å². The highest BCUT2D eigenvalue weighted by molar-refractivity contribution is 6.40. The Morgan fingerprint density at radius 3 is 2.34 bits per heavy atom. The number of carbonyl (C=O) groups is 2. The first kappa shape index (κ1) is 22.0. The summed E-state index contributed by atoms with van der Waals surface area (Å²) in [5.41, 5.74) is 8.75. The number of nitrogens with one attached hydrogen (secondary N) is 1. The van der Waals surface area contributed by atoms with Gasteiger partial charge in [0.2, 0.25) is 5.91 Å². The lowest BCUT2D eigenvalue weighted by molar-refractivity contribution is -0.119. The number of likely N-dealkylation sites (tertiary alicyclic amines) is 1. The van der Waals surface area contributed by atoms with Crippen molar-refractivity contribution in [2.24, 2.45) is 10.8 Å². The summed E-state index contributed by atoms with van der Waals surface area (Å²) in [5, 5.41) is 18.4. The molecule has 2 aliphatic heterocycles. The second-order valence-electron chi connectivity index (χ2n) is 8.36. The maximum Gasteiger partial charge on any atom is 0.267 e. The Labute approximate surface area is 187 Å². The predicted molar refractivity (Wildman–Crippen MR) is 123 cm³/mol. The van der Waals surface area contributed by atoms with Crippen LogP contribution in [0.15, 0.2) is 59.7 Å². The molecule has 0 spiro atoms. The Bertz CT molecular complexity index is 969. The quantitative estimate of drug-likeness (QED) is 0.608. The molecule has 2 aromatic carbocycles. The van der Waals surface area contributed by atoms with E-state index in [0.29, 0.717) is 12.3 Å². The minimum absolute atomic E-state index is 0.167. The first-order chi connectivity index (χ1) is 15.5. The van der Waals surface area contributed by atoms with Gasteiger partial charge in [0.25, 0.3) is 5.91 Å². The number of primary amides is 1. The normalized spacial score (nSPS) is 19.6. The molecule has 0 radical (unpaired) electrons. The number of benzene rings is 2. The van der Waals surface area contributed by atoms with Gasteiger partial charge in [0, 0.05) is 32.6 Å². The lowest BCUT2D eigenvalue weighted by Gasteiger charge is -2.29. The first-order valence-electron chi connectivity index (χ1n) is 11.0. The van der Waals surface area contributed by atoms with Crippen LogP contribution in [-0.4, -0.2) is 52.8 Å². The molecule has 1 atom stereocenters. The van der Waals surface area contributed by atoms with Crippen LogP contribution in [0.25, 0.3) is 0 Å². The van der Waals surface area contributed by atoms with Crippen LogP contribution in [0.3, 0.4) is 0 Å². The molecule has 1 saturated heterocycles. The van der Waals surface area contributed by atoms with E-state index in [1.54, 1.807) is 0 Å². The Hall–Kier alpha value is -3.23. The van der Waals surface area contributed by atoms with E-state index >= 15 is 0 Å². The third-order valence-corrected chi connectivity index (χ3v) is 5.96. The van der Waals surface area contributed by atoms with Crippen LogP contribution in [0.5, 0.6) is 0 Å². The van der Waals surface area contributed by atoms with Gasteiger partial charge in [-0.05, 0) is 36.1 Å². The molecule has 2 aromatic rings. The lowest BCUT2D eigenvalue weighted by atomic mass is 10.1. The lowest BCUT2D eigenvalue weighted by Crippen LogP contribution is -2.39. The van der Waals surface area contributed by atoms with Gasteiger partial charge in [-0.1, -0.05) is 42.5 Å². The minimum Gasteiger partial charge on any atom is -0.393 e. The number of amides is 2. The zero-order valence-electron chi connectivity index (χ0n) is 18.0. The number of aliphatic hydroxyl groups is 1. The molecule has 0 aliphatic carbocycles. The van der Waals surface area contributed by atoms with E-state index in [1.807, 2.05) is 42.5 Å². The minimum atomic E-state index is -0.673. The van der Waals surface area contributed by atoms with Crippen LogP contribution in [-0.2, 0) is 22.7 Å². The SMILES string of the molecule is NC(=O)C1CC(C(=O)NCc2ccc(CN3CCC(O)CC3)cc2)=NN1c1ccccc1. The molecular formula is C24H29N5O3. The number of nitrogens with two attached hydrogens (primary N) is 1. The van der Waals surface area contributed by atoms with Crippen molar-refractivity contribution in [3.63, 3.8) is 0 Å². The molecule has 0 saturated carbocycles. The second kappa shape index (κ2) is 9.93. The Morgan fingerprint density at radius 2 is 1.69 bits per heavy atom. The van der Waals surface area contributed by atoms with E-state index in [-0.39, 0.29) is 18.4 Å². The van der Waals surface area contributed by atoms with Gasteiger partial charge in [-0.2, -0.15) is 5.10 Å². The smallest absolute Gasteiger partial charge is 0.267 e. The average molecular weight is 436 g/mol. The molecule has 1 fully saturated rings. The number of hydrogen-bond donors (Lipinski definition) is 3. The second-order valence-corrected chi connectivity index (χ2v) is 8.36. The molecule has 2 aliphatic rings. The molecule has 4 rings (SSSR count). The molecule has 32 heavy (non-hydrogen) atoms. The van der Waals surface area contributed by atoms with Crippen molar-refractivity contribution in [3.8, 4) is 0 Å². The van der Waals surface area contributed by atoms with Crippen molar-refractivity contribution in [1.82, 2.24) is 10.2 Å². The van der Waals surface area contributed by atoms with E-state index in [4.69, 9.17) is 5.73 Å². The summed E-state index contributed by atoms with van der Waals surface area (Å²) in [6.45, 7) is 3.06. The van der Waals surface area contributed by atoms with Gasteiger partial charge in [-0.15, -0.1) is 0 Å². The number of carbonyl (C=O) groups excluding carboxylic acids is 2. The highest BCUT2D eigenvalue weighted by atomic mass is 16.3. The molecule has 8 nitrogen and oxygen atoms in total. The van der Waals surface area contributed by atoms with Crippen LogP contribution in [0.4, 0.5) is 5.69 Å². The van der Waals surface area contributed by atoms with Gasteiger partial charge < -0.3 is 16.2 Å².